The first-order valence-corrected chi connectivity index (χ1v) is 14.7. The standard InChI is InChI=1S/C24H17ClN6O9S2/c1-40-24-30-22(25)29-23(31-24)28-13-8-10(6-7-15(13)41(34,35)36)27-14-9-16(42(37,38)39)19(26)18-17(14)20(32)11-4-2-3-5-12(11)21(18)33/h2-9,27H,26H2,1H3,(H,34,35,36)(H,37,38,39)(H,28,29,30,31). The van der Waals surface area contributed by atoms with Gasteiger partial charge in [-0.25, -0.2) is 0 Å². The Balaban J connectivity index is 1.68. The van der Waals surface area contributed by atoms with Crippen molar-refractivity contribution in [1.29, 1.82) is 0 Å². The molecule has 18 heteroatoms. The Morgan fingerprint density at radius 2 is 1.43 bits per heavy atom. The van der Waals surface area contributed by atoms with Crippen molar-refractivity contribution >= 4 is 72.1 Å². The molecule has 0 aliphatic heterocycles. The molecule has 0 radical (unpaired) electrons. The highest BCUT2D eigenvalue weighted by Gasteiger charge is 2.36. The second kappa shape index (κ2) is 10.3. The predicted octanol–water partition coefficient (Wildman–Crippen LogP) is 2.87. The van der Waals surface area contributed by atoms with Crippen molar-refractivity contribution in [3.63, 3.8) is 0 Å². The number of hydrogen-bond donors (Lipinski definition) is 5. The summed E-state index contributed by atoms with van der Waals surface area (Å²) in [5.74, 6) is -1.70. The molecule has 4 aromatic rings. The second-order valence-electron chi connectivity index (χ2n) is 8.62. The molecule has 1 aliphatic rings. The summed E-state index contributed by atoms with van der Waals surface area (Å²) in [4.78, 5) is 36.9. The molecule has 5 rings (SSSR count). The minimum atomic E-state index is -4.99. The second-order valence-corrected chi connectivity index (χ2v) is 11.7. The van der Waals surface area contributed by atoms with Crippen LogP contribution < -0.4 is 21.1 Å². The van der Waals surface area contributed by atoms with Gasteiger partial charge in [-0.2, -0.15) is 31.8 Å². The monoisotopic (exact) mass is 632 g/mol. The van der Waals surface area contributed by atoms with E-state index in [1.165, 1.54) is 37.4 Å². The molecule has 0 atom stereocenters. The smallest absolute Gasteiger partial charge is 0.322 e. The molecule has 1 heterocycles. The third kappa shape index (κ3) is 5.21. The van der Waals surface area contributed by atoms with Crippen molar-refractivity contribution in [1.82, 2.24) is 15.0 Å². The van der Waals surface area contributed by atoms with Crippen LogP contribution in [0.25, 0.3) is 0 Å². The summed E-state index contributed by atoms with van der Waals surface area (Å²) in [6, 6.07) is 9.78. The maximum Gasteiger partial charge on any atom is 0.322 e. The zero-order valence-corrected chi connectivity index (χ0v) is 23.4. The van der Waals surface area contributed by atoms with Crippen molar-refractivity contribution in [2.75, 3.05) is 23.5 Å². The van der Waals surface area contributed by atoms with Crippen LogP contribution in [0, 0.1) is 0 Å². The molecule has 0 saturated carbocycles. The van der Waals surface area contributed by atoms with Crippen LogP contribution in [-0.2, 0) is 20.2 Å². The van der Waals surface area contributed by atoms with E-state index < -0.39 is 52.8 Å². The summed E-state index contributed by atoms with van der Waals surface area (Å²) < 4.78 is 73.0. The minimum Gasteiger partial charge on any atom is -0.467 e. The first-order chi connectivity index (χ1) is 19.7. The number of nitrogen functional groups attached to an aromatic ring is 1. The number of benzene rings is 3. The maximum atomic E-state index is 13.5. The number of rotatable bonds is 7. The number of anilines is 5. The lowest BCUT2D eigenvalue weighted by molar-refractivity contribution is 0.0980. The van der Waals surface area contributed by atoms with Gasteiger partial charge in [-0.1, -0.05) is 24.3 Å². The molecule has 6 N–H and O–H groups in total. The molecule has 3 aromatic carbocycles. The van der Waals surface area contributed by atoms with Gasteiger partial charge in [0, 0.05) is 16.8 Å². The van der Waals surface area contributed by atoms with Gasteiger partial charge in [-0.3, -0.25) is 18.7 Å². The molecular weight excluding hydrogens is 616 g/mol. The lowest BCUT2D eigenvalue weighted by atomic mass is 9.82. The van der Waals surface area contributed by atoms with Gasteiger partial charge in [0.15, 0.2) is 11.6 Å². The van der Waals surface area contributed by atoms with Crippen LogP contribution in [0.15, 0.2) is 58.3 Å². The van der Waals surface area contributed by atoms with E-state index in [4.69, 9.17) is 22.1 Å². The SMILES string of the molecule is COc1nc(Cl)nc(Nc2cc(Nc3cc(S(=O)(=O)O)c(N)c4c3C(=O)c3ccccc3C4=O)ccc2S(=O)(=O)O)n1. The summed E-state index contributed by atoms with van der Waals surface area (Å²) in [5, 5.41) is 5.04. The molecule has 0 fully saturated rings. The van der Waals surface area contributed by atoms with Crippen LogP contribution in [0.2, 0.25) is 5.28 Å². The molecule has 42 heavy (non-hydrogen) atoms. The number of hydrogen-bond acceptors (Lipinski definition) is 13. The number of carbonyl (C=O) groups excluding carboxylic acids is 2. The number of methoxy groups -OCH3 is 1. The van der Waals surface area contributed by atoms with Gasteiger partial charge in [0.2, 0.25) is 11.2 Å². The van der Waals surface area contributed by atoms with E-state index in [-0.39, 0.29) is 51.0 Å². The fourth-order valence-electron chi connectivity index (χ4n) is 4.29. The third-order valence-corrected chi connectivity index (χ3v) is 8.01. The number of ether oxygens (including phenoxy) is 1. The summed E-state index contributed by atoms with van der Waals surface area (Å²) in [7, 11) is -8.55. The lowest BCUT2D eigenvalue weighted by Gasteiger charge is -2.24. The molecular formula is C24H17ClN6O9S2. The van der Waals surface area contributed by atoms with Crippen molar-refractivity contribution in [2.45, 2.75) is 9.79 Å². The lowest BCUT2D eigenvalue weighted by Crippen LogP contribution is -2.25. The third-order valence-electron chi connectivity index (χ3n) is 6.03. The Hall–Kier alpha value is -4.68. The van der Waals surface area contributed by atoms with E-state index in [1.54, 1.807) is 0 Å². The zero-order valence-electron chi connectivity index (χ0n) is 21.0. The topological polar surface area (TPSA) is 241 Å². The summed E-state index contributed by atoms with van der Waals surface area (Å²) in [6.07, 6.45) is 0. The predicted molar refractivity (Wildman–Crippen MR) is 148 cm³/mol. The molecule has 1 aliphatic carbocycles. The van der Waals surface area contributed by atoms with Crippen molar-refractivity contribution in [2.24, 2.45) is 0 Å². The number of nitrogens with one attached hydrogen (secondary N) is 2. The molecule has 0 spiro atoms. The zero-order chi connectivity index (χ0) is 30.6. The number of nitrogens with two attached hydrogens (primary N) is 1. The molecule has 0 amide bonds. The Morgan fingerprint density at radius 1 is 0.810 bits per heavy atom. The Bertz CT molecular complexity index is 2050. The summed E-state index contributed by atoms with van der Waals surface area (Å²) >= 11 is 5.86. The van der Waals surface area contributed by atoms with Gasteiger partial charge in [-0.05, 0) is 35.9 Å². The molecule has 0 bridgehead atoms. The van der Waals surface area contributed by atoms with Crippen LogP contribution in [-0.4, -0.2) is 59.6 Å². The Kier molecular flexibility index (Phi) is 7.07. The molecule has 15 nitrogen and oxygen atoms in total. The average Bonchev–Trinajstić information content (AvgIpc) is 2.91. The van der Waals surface area contributed by atoms with Gasteiger partial charge in [0.05, 0.1) is 35.3 Å². The molecule has 1 aromatic heterocycles. The number of carbonyl (C=O) groups is 2. The average molecular weight is 633 g/mol. The Morgan fingerprint density at radius 3 is 2.02 bits per heavy atom. The van der Waals surface area contributed by atoms with E-state index in [0.717, 1.165) is 18.2 Å². The van der Waals surface area contributed by atoms with Crippen molar-refractivity contribution < 1.29 is 40.3 Å². The fraction of sp³-hybridized carbons (Fsp3) is 0.0417. The largest absolute Gasteiger partial charge is 0.467 e. The summed E-state index contributed by atoms with van der Waals surface area (Å²) in [6.45, 7) is 0. The van der Waals surface area contributed by atoms with E-state index in [0.29, 0.717) is 0 Å². The van der Waals surface area contributed by atoms with E-state index in [1.807, 2.05) is 0 Å². The highest BCUT2D eigenvalue weighted by Crippen LogP contribution is 2.40. The fourth-order valence-corrected chi connectivity index (χ4v) is 5.72. The highest BCUT2D eigenvalue weighted by atomic mass is 35.5. The first kappa shape index (κ1) is 28.8. The van der Waals surface area contributed by atoms with Crippen molar-refractivity contribution in [3.8, 4) is 6.01 Å². The van der Waals surface area contributed by atoms with Crippen LogP contribution in [0.1, 0.15) is 31.8 Å². The van der Waals surface area contributed by atoms with E-state index in [2.05, 4.69) is 25.6 Å². The van der Waals surface area contributed by atoms with Gasteiger partial charge in [0.25, 0.3) is 20.2 Å². The first-order valence-electron chi connectivity index (χ1n) is 11.4. The number of nitrogens with zero attached hydrogens (tertiary/aromatic N) is 3. The number of halogens is 1. The van der Waals surface area contributed by atoms with E-state index >= 15 is 0 Å². The highest BCUT2D eigenvalue weighted by molar-refractivity contribution is 7.86. The maximum absolute atomic E-state index is 13.5. The molecule has 0 saturated heterocycles. The van der Waals surface area contributed by atoms with Gasteiger partial charge in [-0.15, -0.1) is 0 Å². The van der Waals surface area contributed by atoms with Crippen LogP contribution in [0.4, 0.5) is 28.7 Å². The molecule has 216 valence electrons. The number of ketones is 2. The quantitative estimate of drug-likeness (QED) is 0.128. The normalized spacial score (nSPS) is 12.9. The summed E-state index contributed by atoms with van der Waals surface area (Å²) in [5.41, 5.74) is 4.11. The van der Waals surface area contributed by atoms with Crippen LogP contribution >= 0.6 is 11.6 Å². The molecule has 0 unspecified atom stereocenters. The Labute approximate surface area is 242 Å². The van der Waals surface area contributed by atoms with Gasteiger partial charge in [0.1, 0.15) is 9.79 Å². The number of aromatic nitrogens is 3. The van der Waals surface area contributed by atoms with Crippen LogP contribution in [0.3, 0.4) is 0 Å². The van der Waals surface area contributed by atoms with Gasteiger partial charge >= 0.3 is 6.01 Å². The van der Waals surface area contributed by atoms with E-state index in [9.17, 15) is 35.5 Å². The van der Waals surface area contributed by atoms with Crippen LogP contribution in [0.5, 0.6) is 6.01 Å². The number of fused-ring (bicyclic) bond motifs is 2. The van der Waals surface area contributed by atoms with Crippen molar-refractivity contribution in [3.05, 3.63) is 76.1 Å². The van der Waals surface area contributed by atoms with Gasteiger partial charge < -0.3 is 21.1 Å². The minimum absolute atomic E-state index is 0.0179.